The van der Waals surface area contributed by atoms with Crippen LogP contribution < -0.4 is 9.47 Å². The number of rotatable bonds is 5. The third kappa shape index (κ3) is 4.46. The van der Waals surface area contributed by atoms with Gasteiger partial charge in [0.25, 0.3) is 0 Å². The minimum absolute atomic E-state index is 0.0582. The van der Waals surface area contributed by atoms with E-state index >= 15 is 0 Å². The van der Waals surface area contributed by atoms with Crippen LogP contribution in [0.25, 0.3) is 12.2 Å². The molecule has 5 heteroatoms. The van der Waals surface area contributed by atoms with Gasteiger partial charge in [0.05, 0.1) is 13.2 Å². The topological polar surface area (TPSA) is 79.2 Å². The molecule has 1 aliphatic rings. The summed E-state index contributed by atoms with van der Waals surface area (Å²) < 4.78 is 11.1. The van der Waals surface area contributed by atoms with Gasteiger partial charge in [-0.3, -0.25) is 0 Å². The molecule has 30 heavy (non-hydrogen) atoms. The van der Waals surface area contributed by atoms with Gasteiger partial charge in [0, 0.05) is 23.6 Å². The Morgan fingerprint density at radius 2 is 1.90 bits per heavy atom. The smallest absolute Gasteiger partial charge is 0.160 e. The molecule has 2 aromatic carbocycles. The molecule has 0 bridgehead atoms. The lowest BCUT2D eigenvalue weighted by molar-refractivity contribution is -0.0413. The average molecular weight is 411 g/mol. The van der Waals surface area contributed by atoms with Crippen molar-refractivity contribution < 1.29 is 24.8 Å². The molecule has 0 fully saturated rings. The molecular weight excluding hydrogens is 380 g/mol. The van der Waals surface area contributed by atoms with E-state index in [1.165, 1.54) is 7.11 Å². The van der Waals surface area contributed by atoms with Crippen LogP contribution in [0.2, 0.25) is 0 Å². The Balaban J connectivity index is 2.11. The van der Waals surface area contributed by atoms with Crippen molar-refractivity contribution in [2.24, 2.45) is 0 Å². The van der Waals surface area contributed by atoms with E-state index in [-0.39, 0.29) is 11.5 Å². The largest absolute Gasteiger partial charge is 0.507 e. The molecule has 1 unspecified atom stereocenters. The van der Waals surface area contributed by atoms with Crippen LogP contribution in [0.3, 0.4) is 0 Å². The van der Waals surface area contributed by atoms with Gasteiger partial charge in [-0.25, -0.2) is 0 Å². The van der Waals surface area contributed by atoms with E-state index in [4.69, 9.17) is 9.47 Å². The number of allylic oxidation sites excluding steroid dienone is 2. The monoisotopic (exact) mass is 410 g/mol. The quantitative estimate of drug-likeness (QED) is 0.485. The standard InChI is InChI=1S/C25H30O5/c1-15(2)6-9-18-17(10-7-16-8-11-22(29-5)21(27)12-16)19-13-24(28)25(3,4)30-23(19)14-20(18)26/h6-8,10-12,14,24,26-28H,9,13H2,1-5H3/b10-7+. The molecular formula is C25H30O5. The van der Waals surface area contributed by atoms with E-state index in [1.807, 2.05) is 45.9 Å². The van der Waals surface area contributed by atoms with Crippen LogP contribution in [0.4, 0.5) is 0 Å². The highest BCUT2D eigenvalue weighted by molar-refractivity contribution is 5.77. The zero-order valence-electron chi connectivity index (χ0n) is 18.2. The van der Waals surface area contributed by atoms with Crippen molar-refractivity contribution >= 4 is 12.2 Å². The van der Waals surface area contributed by atoms with Crippen molar-refractivity contribution in [3.63, 3.8) is 0 Å². The van der Waals surface area contributed by atoms with E-state index in [2.05, 4.69) is 6.08 Å². The van der Waals surface area contributed by atoms with Crippen molar-refractivity contribution in [1.29, 1.82) is 0 Å². The molecule has 0 saturated carbocycles. The van der Waals surface area contributed by atoms with Crippen LogP contribution >= 0.6 is 0 Å². The zero-order chi connectivity index (χ0) is 22.1. The molecule has 0 saturated heterocycles. The van der Waals surface area contributed by atoms with Crippen LogP contribution in [0, 0.1) is 0 Å². The van der Waals surface area contributed by atoms with Gasteiger partial charge in [0.15, 0.2) is 11.5 Å². The maximum absolute atomic E-state index is 10.7. The lowest BCUT2D eigenvalue weighted by Crippen LogP contribution is -2.46. The van der Waals surface area contributed by atoms with Crippen molar-refractivity contribution in [3.8, 4) is 23.0 Å². The van der Waals surface area contributed by atoms with Gasteiger partial charge in [-0.1, -0.05) is 29.9 Å². The Morgan fingerprint density at radius 3 is 2.53 bits per heavy atom. The number of benzene rings is 2. The Hall–Kier alpha value is -2.92. The molecule has 1 aliphatic heterocycles. The van der Waals surface area contributed by atoms with Gasteiger partial charge in [-0.2, -0.15) is 0 Å². The number of ether oxygens (including phenoxy) is 2. The number of aliphatic hydroxyl groups excluding tert-OH is 1. The zero-order valence-corrected chi connectivity index (χ0v) is 18.2. The maximum Gasteiger partial charge on any atom is 0.160 e. The molecule has 3 rings (SSSR count). The van der Waals surface area contributed by atoms with Gasteiger partial charge in [-0.15, -0.1) is 0 Å². The number of methoxy groups -OCH3 is 1. The molecule has 0 amide bonds. The predicted molar refractivity (Wildman–Crippen MR) is 119 cm³/mol. The Kier molecular flexibility index (Phi) is 6.13. The minimum Gasteiger partial charge on any atom is -0.507 e. The van der Waals surface area contributed by atoms with Crippen LogP contribution in [0.5, 0.6) is 23.0 Å². The number of hydrogen-bond donors (Lipinski definition) is 3. The Labute approximate surface area is 177 Å². The Bertz CT molecular complexity index is 997. The highest BCUT2D eigenvalue weighted by Gasteiger charge is 2.37. The average Bonchev–Trinajstić information content (AvgIpc) is 2.66. The van der Waals surface area contributed by atoms with E-state index in [0.717, 1.165) is 27.8 Å². The molecule has 0 aliphatic carbocycles. The number of phenolic OH excluding ortho intramolecular Hbond substituents is 2. The third-order valence-electron chi connectivity index (χ3n) is 5.46. The number of fused-ring (bicyclic) bond motifs is 1. The first-order chi connectivity index (χ1) is 14.1. The van der Waals surface area contributed by atoms with Gasteiger partial charge in [-0.05, 0) is 57.4 Å². The SMILES string of the molecule is COc1ccc(/C=C/c2c(CC=C(C)C)c(O)cc3c2CC(O)C(C)(C)O3)cc1O. The normalized spacial score (nSPS) is 17.3. The highest BCUT2D eigenvalue weighted by atomic mass is 16.5. The fraction of sp³-hybridized carbons (Fsp3) is 0.360. The minimum atomic E-state index is -0.733. The van der Waals surface area contributed by atoms with E-state index in [0.29, 0.717) is 24.3 Å². The fourth-order valence-electron chi connectivity index (χ4n) is 3.56. The second-order valence-electron chi connectivity index (χ2n) is 8.44. The third-order valence-corrected chi connectivity index (χ3v) is 5.46. The van der Waals surface area contributed by atoms with Gasteiger partial charge in [0.2, 0.25) is 0 Å². The van der Waals surface area contributed by atoms with Crippen molar-refractivity contribution in [2.75, 3.05) is 7.11 Å². The Morgan fingerprint density at radius 1 is 1.17 bits per heavy atom. The first-order valence-electron chi connectivity index (χ1n) is 10.1. The summed E-state index contributed by atoms with van der Waals surface area (Å²) in [6, 6.07) is 6.81. The summed E-state index contributed by atoms with van der Waals surface area (Å²) in [5.74, 6) is 1.21. The molecule has 160 valence electrons. The summed E-state index contributed by atoms with van der Waals surface area (Å²) in [5.41, 5.74) is 3.68. The lowest BCUT2D eigenvalue weighted by atomic mass is 9.85. The summed E-state index contributed by atoms with van der Waals surface area (Å²) in [6.45, 7) is 7.70. The van der Waals surface area contributed by atoms with Gasteiger partial charge in [0.1, 0.15) is 17.1 Å². The number of phenols is 2. The lowest BCUT2D eigenvalue weighted by Gasteiger charge is -2.38. The molecule has 3 N–H and O–H groups in total. The van der Waals surface area contributed by atoms with E-state index in [9.17, 15) is 15.3 Å². The van der Waals surface area contributed by atoms with Crippen molar-refractivity contribution in [1.82, 2.24) is 0 Å². The maximum atomic E-state index is 10.7. The number of aromatic hydroxyl groups is 2. The summed E-state index contributed by atoms with van der Waals surface area (Å²) in [5, 5.41) is 31.4. The first-order valence-corrected chi connectivity index (χ1v) is 10.1. The van der Waals surface area contributed by atoms with Gasteiger partial charge >= 0.3 is 0 Å². The fourth-order valence-corrected chi connectivity index (χ4v) is 3.56. The van der Waals surface area contributed by atoms with Crippen LogP contribution in [0.15, 0.2) is 35.9 Å². The van der Waals surface area contributed by atoms with Crippen LogP contribution in [-0.4, -0.2) is 34.1 Å². The number of hydrogen-bond acceptors (Lipinski definition) is 5. The summed E-state index contributed by atoms with van der Waals surface area (Å²) in [6.07, 6.45) is 6.16. The van der Waals surface area contributed by atoms with E-state index in [1.54, 1.807) is 18.2 Å². The molecule has 0 aromatic heterocycles. The molecule has 0 spiro atoms. The molecule has 1 atom stereocenters. The van der Waals surface area contributed by atoms with Crippen LogP contribution in [-0.2, 0) is 12.8 Å². The highest BCUT2D eigenvalue weighted by Crippen LogP contribution is 2.41. The second-order valence-corrected chi connectivity index (χ2v) is 8.44. The summed E-state index contributed by atoms with van der Waals surface area (Å²) >= 11 is 0. The first kappa shape index (κ1) is 21.8. The molecule has 0 radical (unpaired) electrons. The van der Waals surface area contributed by atoms with Crippen molar-refractivity contribution in [2.45, 2.75) is 52.2 Å². The van der Waals surface area contributed by atoms with E-state index < -0.39 is 11.7 Å². The molecule has 5 nitrogen and oxygen atoms in total. The van der Waals surface area contributed by atoms with Gasteiger partial charge < -0.3 is 24.8 Å². The summed E-state index contributed by atoms with van der Waals surface area (Å²) in [7, 11) is 1.51. The second kappa shape index (κ2) is 8.44. The molecule has 1 heterocycles. The molecule has 2 aromatic rings. The summed E-state index contributed by atoms with van der Waals surface area (Å²) in [4.78, 5) is 0. The van der Waals surface area contributed by atoms with Crippen LogP contribution in [0.1, 0.15) is 49.9 Å². The predicted octanol–water partition coefficient (Wildman–Crippen LogP) is 4.86. The van der Waals surface area contributed by atoms with Crippen molar-refractivity contribution in [3.05, 3.63) is 58.2 Å². The number of aliphatic hydroxyl groups is 1.